The lowest BCUT2D eigenvalue weighted by atomic mass is 10.1. The smallest absolute Gasteiger partial charge is 0.121 e. The SMILES string of the molecule is CSc1ccc([C@H](O)c2ccccn2)cc1. The predicted octanol–water partition coefficient (Wildman–Crippen LogP) is 2.89. The third-order valence-electron chi connectivity index (χ3n) is 2.40. The average Bonchev–Trinajstić information content (AvgIpc) is 2.39. The van der Waals surface area contributed by atoms with Gasteiger partial charge in [-0.1, -0.05) is 18.2 Å². The fourth-order valence-corrected chi connectivity index (χ4v) is 1.90. The minimum absolute atomic E-state index is 0.642. The molecule has 2 nitrogen and oxygen atoms in total. The second-order valence-electron chi connectivity index (χ2n) is 3.43. The molecule has 0 saturated carbocycles. The van der Waals surface area contributed by atoms with Gasteiger partial charge in [0.1, 0.15) is 6.10 Å². The van der Waals surface area contributed by atoms with E-state index in [0.29, 0.717) is 5.69 Å². The molecule has 2 aromatic rings. The minimum atomic E-state index is -0.642. The van der Waals surface area contributed by atoms with Crippen molar-refractivity contribution in [3.05, 3.63) is 59.9 Å². The highest BCUT2D eigenvalue weighted by Crippen LogP contribution is 2.22. The Bertz CT molecular complexity index is 441. The van der Waals surface area contributed by atoms with Crippen LogP contribution in [0.5, 0.6) is 0 Å². The third kappa shape index (κ3) is 2.43. The molecule has 16 heavy (non-hydrogen) atoms. The topological polar surface area (TPSA) is 33.1 Å². The summed E-state index contributed by atoms with van der Waals surface area (Å²) in [7, 11) is 0. The Balaban J connectivity index is 2.24. The number of nitrogens with zero attached hydrogens (tertiary/aromatic N) is 1. The van der Waals surface area contributed by atoms with Gasteiger partial charge < -0.3 is 5.11 Å². The summed E-state index contributed by atoms with van der Waals surface area (Å²) in [5, 5.41) is 10.1. The van der Waals surface area contributed by atoms with E-state index in [1.165, 1.54) is 4.90 Å². The Morgan fingerprint density at radius 2 is 1.88 bits per heavy atom. The van der Waals surface area contributed by atoms with Gasteiger partial charge in [-0.25, -0.2) is 0 Å². The molecular formula is C13H13NOS. The van der Waals surface area contributed by atoms with Crippen LogP contribution >= 0.6 is 11.8 Å². The number of pyridine rings is 1. The van der Waals surface area contributed by atoms with Crippen LogP contribution in [0.3, 0.4) is 0 Å². The van der Waals surface area contributed by atoms with Gasteiger partial charge in [0.25, 0.3) is 0 Å². The molecule has 3 heteroatoms. The molecule has 0 aliphatic heterocycles. The van der Waals surface area contributed by atoms with Crippen molar-refractivity contribution >= 4 is 11.8 Å². The van der Waals surface area contributed by atoms with Crippen molar-refractivity contribution < 1.29 is 5.11 Å². The standard InChI is InChI=1S/C13H13NOS/c1-16-11-7-5-10(6-8-11)13(15)12-4-2-3-9-14-12/h2-9,13,15H,1H3/t13-/m0/s1. The molecular weight excluding hydrogens is 218 g/mol. The van der Waals surface area contributed by atoms with Crippen LogP contribution in [0.15, 0.2) is 53.6 Å². The monoisotopic (exact) mass is 231 g/mol. The Kier molecular flexibility index (Phi) is 3.59. The van der Waals surface area contributed by atoms with Gasteiger partial charge in [-0.3, -0.25) is 4.98 Å². The molecule has 1 aromatic carbocycles. The van der Waals surface area contributed by atoms with Crippen LogP contribution < -0.4 is 0 Å². The zero-order valence-electron chi connectivity index (χ0n) is 9.00. The van der Waals surface area contributed by atoms with Gasteiger partial charge in [0, 0.05) is 11.1 Å². The van der Waals surface area contributed by atoms with Crippen LogP contribution in [0.2, 0.25) is 0 Å². The molecule has 0 bridgehead atoms. The molecule has 0 aliphatic rings. The summed E-state index contributed by atoms with van der Waals surface area (Å²) in [6, 6.07) is 13.4. The number of hydrogen-bond donors (Lipinski definition) is 1. The lowest BCUT2D eigenvalue weighted by molar-refractivity contribution is 0.215. The number of aliphatic hydroxyl groups excluding tert-OH is 1. The molecule has 1 N–H and O–H groups in total. The van der Waals surface area contributed by atoms with E-state index in [2.05, 4.69) is 4.98 Å². The van der Waals surface area contributed by atoms with Crippen LogP contribution in [0.25, 0.3) is 0 Å². The van der Waals surface area contributed by atoms with E-state index < -0.39 is 6.10 Å². The largest absolute Gasteiger partial charge is 0.382 e. The maximum atomic E-state index is 10.1. The quantitative estimate of drug-likeness (QED) is 0.824. The number of aromatic nitrogens is 1. The first-order chi connectivity index (χ1) is 7.81. The third-order valence-corrected chi connectivity index (χ3v) is 3.14. The summed E-state index contributed by atoms with van der Waals surface area (Å²) in [5.74, 6) is 0. The number of thioether (sulfide) groups is 1. The average molecular weight is 231 g/mol. The summed E-state index contributed by atoms with van der Waals surface area (Å²) in [4.78, 5) is 5.33. The van der Waals surface area contributed by atoms with E-state index in [4.69, 9.17) is 0 Å². The second kappa shape index (κ2) is 5.14. The molecule has 82 valence electrons. The van der Waals surface area contributed by atoms with Crippen molar-refractivity contribution in [1.82, 2.24) is 4.98 Å². The highest BCUT2D eigenvalue weighted by atomic mass is 32.2. The number of aliphatic hydroxyl groups is 1. The van der Waals surface area contributed by atoms with Crippen molar-refractivity contribution in [3.63, 3.8) is 0 Å². The van der Waals surface area contributed by atoms with Crippen LogP contribution in [-0.2, 0) is 0 Å². The molecule has 1 atom stereocenters. The molecule has 1 heterocycles. The molecule has 0 radical (unpaired) electrons. The van der Waals surface area contributed by atoms with E-state index in [1.807, 2.05) is 48.7 Å². The van der Waals surface area contributed by atoms with Crippen molar-refractivity contribution in [2.75, 3.05) is 6.26 Å². The van der Waals surface area contributed by atoms with E-state index >= 15 is 0 Å². The van der Waals surface area contributed by atoms with Crippen molar-refractivity contribution in [2.45, 2.75) is 11.0 Å². The fraction of sp³-hybridized carbons (Fsp3) is 0.154. The molecule has 0 unspecified atom stereocenters. The molecule has 0 aliphatic carbocycles. The van der Waals surface area contributed by atoms with Gasteiger partial charge in [-0.2, -0.15) is 0 Å². The summed E-state index contributed by atoms with van der Waals surface area (Å²) in [5.41, 5.74) is 1.55. The van der Waals surface area contributed by atoms with Crippen LogP contribution in [-0.4, -0.2) is 16.3 Å². The normalized spacial score (nSPS) is 12.4. The van der Waals surface area contributed by atoms with E-state index in [-0.39, 0.29) is 0 Å². The zero-order chi connectivity index (χ0) is 11.4. The van der Waals surface area contributed by atoms with Crippen LogP contribution in [0, 0.1) is 0 Å². The van der Waals surface area contributed by atoms with Gasteiger partial charge in [0.2, 0.25) is 0 Å². The zero-order valence-corrected chi connectivity index (χ0v) is 9.82. The Morgan fingerprint density at radius 1 is 1.12 bits per heavy atom. The van der Waals surface area contributed by atoms with E-state index in [0.717, 1.165) is 5.56 Å². The Hall–Kier alpha value is -1.32. The summed E-state index contributed by atoms with van der Waals surface area (Å²) < 4.78 is 0. The van der Waals surface area contributed by atoms with Gasteiger partial charge in [-0.05, 0) is 36.1 Å². The fourth-order valence-electron chi connectivity index (χ4n) is 1.49. The number of hydrogen-bond acceptors (Lipinski definition) is 3. The van der Waals surface area contributed by atoms with E-state index in [9.17, 15) is 5.11 Å². The van der Waals surface area contributed by atoms with Gasteiger partial charge in [-0.15, -0.1) is 11.8 Å². The van der Waals surface area contributed by atoms with Crippen molar-refractivity contribution in [2.24, 2.45) is 0 Å². The summed E-state index contributed by atoms with van der Waals surface area (Å²) in [6.07, 6.45) is 3.08. The minimum Gasteiger partial charge on any atom is -0.382 e. The molecule has 0 amide bonds. The van der Waals surface area contributed by atoms with Crippen molar-refractivity contribution in [1.29, 1.82) is 0 Å². The molecule has 2 rings (SSSR count). The molecule has 0 saturated heterocycles. The maximum absolute atomic E-state index is 10.1. The lowest BCUT2D eigenvalue weighted by Crippen LogP contribution is -2.01. The van der Waals surface area contributed by atoms with Gasteiger partial charge in [0.15, 0.2) is 0 Å². The highest BCUT2D eigenvalue weighted by molar-refractivity contribution is 7.98. The number of benzene rings is 1. The van der Waals surface area contributed by atoms with E-state index in [1.54, 1.807) is 18.0 Å². The predicted molar refractivity (Wildman–Crippen MR) is 66.5 cm³/mol. The molecule has 0 spiro atoms. The van der Waals surface area contributed by atoms with Gasteiger partial charge in [0.05, 0.1) is 5.69 Å². The lowest BCUT2D eigenvalue weighted by Gasteiger charge is -2.10. The summed E-state index contributed by atoms with van der Waals surface area (Å²) in [6.45, 7) is 0. The maximum Gasteiger partial charge on any atom is 0.121 e. The second-order valence-corrected chi connectivity index (χ2v) is 4.31. The first-order valence-electron chi connectivity index (χ1n) is 5.04. The molecule has 0 fully saturated rings. The van der Waals surface area contributed by atoms with Gasteiger partial charge >= 0.3 is 0 Å². The first-order valence-corrected chi connectivity index (χ1v) is 6.26. The highest BCUT2D eigenvalue weighted by Gasteiger charge is 2.10. The Labute approximate surface area is 99.4 Å². The molecule has 1 aromatic heterocycles. The van der Waals surface area contributed by atoms with Crippen LogP contribution in [0.1, 0.15) is 17.4 Å². The Morgan fingerprint density at radius 3 is 2.44 bits per heavy atom. The van der Waals surface area contributed by atoms with Crippen molar-refractivity contribution in [3.8, 4) is 0 Å². The summed E-state index contributed by atoms with van der Waals surface area (Å²) >= 11 is 1.69. The first kappa shape index (κ1) is 11.2. The number of rotatable bonds is 3. The van der Waals surface area contributed by atoms with Crippen LogP contribution in [0.4, 0.5) is 0 Å².